The van der Waals surface area contributed by atoms with Crippen LogP contribution in [-0.4, -0.2) is 28.5 Å². The van der Waals surface area contributed by atoms with E-state index in [4.69, 9.17) is 0 Å². The van der Waals surface area contributed by atoms with Crippen LogP contribution in [0.4, 0.5) is 0 Å². The summed E-state index contributed by atoms with van der Waals surface area (Å²) in [7, 11) is 0. The Morgan fingerprint density at radius 3 is 2.17 bits per heavy atom. The predicted molar refractivity (Wildman–Crippen MR) is 121 cm³/mol. The molecule has 4 rings (SSSR count). The summed E-state index contributed by atoms with van der Waals surface area (Å²) in [6.45, 7) is 3.63. The fraction of sp³-hybridized carbons (Fsp3) is 0.333. The third-order valence-corrected chi connectivity index (χ3v) is 6.63. The molecule has 1 aliphatic rings. The van der Waals surface area contributed by atoms with Crippen molar-refractivity contribution < 1.29 is 9.59 Å². The van der Waals surface area contributed by atoms with E-state index >= 15 is 0 Å². The van der Waals surface area contributed by atoms with Gasteiger partial charge in [0.15, 0.2) is 0 Å². The molecule has 2 aromatic heterocycles. The van der Waals surface area contributed by atoms with Gasteiger partial charge in [0.05, 0.1) is 5.69 Å². The molecule has 2 amide bonds. The van der Waals surface area contributed by atoms with Crippen molar-refractivity contribution in [1.29, 1.82) is 0 Å². The average molecular weight is 422 g/mol. The second-order valence-electron chi connectivity index (χ2n) is 8.01. The van der Waals surface area contributed by atoms with Gasteiger partial charge < -0.3 is 15.2 Å². The summed E-state index contributed by atoms with van der Waals surface area (Å²) in [6, 6.07) is 12.7. The van der Waals surface area contributed by atoms with Gasteiger partial charge in [-0.15, -0.1) is 11.3 Å². The zero-order chi connectivity index (χ0) is 21.1. The summed E-state index contributed by atoms with van der Waals surface area (Å²) in [5.74, 6) is -0.00823. The summed E-state index contributed by atoms with van der Waals surface area (Å²) in [6.07, 6.45) is 7.52. The van der Waals surface area contributed by atoms with E-state index in [2.05, 4.69) is 47.2 Å². The molecule has 0 saturated heterocycles. The van der Waals surface area contributed by atoms with Gasteiger partial charge in [-0.25, -0.2) is 0 Å². The first kappa shape index (κ1) is 20.4. The summed E-state index contributed by atoms with van der Waals surface area (Å²) in [4.78, 5) is 25.2. The average Bonchev–Trinajstić information content (AvgIpc) is 3.39. The second kappa shape index (κ2) is 8.88. The molecule has 3 aromatic rings. The van der Waals surface area contributed by atoms with Crippen molar-refractivity contribution in [2.75, 3.05) is 0 Å². The summed E-state index contributed by atoms with van der Waals surface area (Å²) < 4.78 is 2.02. The van der Waals surface area contributed by atoms with Crippen LogP contribution in [0.3, 0.4) is 0 Å². The molecule has 6 heteroatoms. The first-order chi connectivity index (χ1) is 14.5. The smallest absolute Gasteiger partial charge is 0.263 e. The highest BCUT2D eigenvalue weighted by Crippen LogP contribution is 2.35. The molecule has 0 atom stereocenters. The van der Waals surface area contributed by atoms with Crippen molar-refractivity contribution in [3.63, 3.8) is 0 Å². The number of benzene rings is 1. The molecular formula is C24H27N3O2S. The number of thiophene rings is 1. The highest BCUT2D eigenvalue weighted by Gasteiger charge is 2.26. The number of aromatic nitrogens is 1. The number of nitrogens with one attached hydrogen (secondary N) is 2. The lowest BCUT2D eigenvalue weighted by Crippen LogP contribution is -2.43. The fourth-order valence-corrected chi connectivity index (χ4v) is 5.09. The summed E-state index contributed by atoms with van der Waals surface area (Å²) in [5, 5.41) is 8.29. The molecule has 2 heterocycles. The molecule has 1 fully saturated rings. The van der Waals surface area contributed by atoms with E-state index in [9.17, 15) is 9.59 Å². The van der Waals surface area contributed by atoms with Gasteiger partial charge in [0.25, 0.3) is 5.91 Å². The molecule has 0 spiro atoms. The van der Waals surface area contributed by atoms with E-state index in [1.807, 2.05) is 29.1 Å². The van der Waals surface area contributed by atoms with Gasteiger partial charge in [-0.1, -0.05) is 29.8 Å². The van der Waals surface area contributed by atoms with Gasteiger partial charge in [0.2, 0.25) is 5.91 Å². The number of hydrogen-bond acceptors (Lipinski definition) is 3. The molecule has 0 radical (unpaired) electrons. The van der Waals surface area contributed by atoms with E-state index < -0.39 is 0 Å². The normalized spacial score (nSPS) is 18.7. The lowest BCUT2D eigenvalue weighted by atomic mass is 9.91. The SMILES string of the molecule is CC(=O)NC1CCC(NC(=O)c2scc(-c3ccc(C)cc3)c2-n2cccc2)CC1. The standard InChI is InChI=1S/C24H27N3O2S/c1-16-5-7-18(8-6-16)21-15-30-23(22(21)27-13-3-4-14-27)24(29)26-20-11-9-19(10-12-20)25-17(2)28/h3-8,13-15,19-20H,9-12H2,1-2H3,(H,25,28)(H,26,29). The lowest BCUT2D eigenvalue weighted by molar-refractivity contribution is -0.119. The largest absolute Gasteiger partial charge is 0.354 e. The van der Waals surface area contributed by atoms with Crippen LogP contribution in [0.15, 0.2) is 54.2 Å². The number of aryl methyl sites for hydroxylation is 1. The van der Waals surface area contributed by atoms with Crippen LogP contribution in [0.2, 0.25) is 0 Å². The number of carbonyl (C=O) groups is 2. The van der Waals surface area contributed by atoms with Crippen LogP contribution < -0.4 is 10.6 Å². The molecule has 1 saturated carbocycles. The molecule has 1 aliphatic carbocycles. The van der Waals surface area contributed by atoms with Gasteiger partial charge in [0.1, 0.15) is 4.88 Å². The monoisotopic (exact) mass is 421 g/mol. The first-order valence-electron chi connectivity index (χ1n) is 10.4. The van der Waals surface area contributed by atoms with Gasteiger partial charge in [-0.3, -0.25) is 9.59 Å². The zero-order valence-electron chi connectivity index (χ0n) is 17.4. The summed E-state index contributed by atoms with van der Waals surface area (Å²) >= 11 is 1.49. The number of nitrogens with zero attached hydrogens (tertiary/aromatic N) is 1. The lowest BCUT2D eigenvalue weighted by Gasteiger charge is -2.29. The molecule has 156 valence electrons. The van der Waals surface area contributed by atoms with Crippen LogP contribution in [0.5, 0.6) is 0 Å². The topological polar surface area (TPSA) is 63.1 Å². The van der Waals surface area contributed by atoms with Crippen LogP contribution in [-0.2, 0) is 4.79 Å². The number of amides is 2. The second-order valence-corrected chi connectivity index (χ2v) is 8.89. The van der Waals surface area contributed by atoms with Crippen LogP contribution in [0.25, 0.3) is 16.8 Å². The maximum absolute atomic E-state index is 13.2. The van der Waals surface area contributed by atoms with Gasteiger partial charge >= 0.3 is 0 Å². The van der Waals surface area contributed by atoms with E-state index in [0.29, 0.717) is 0 Å². The Balaban J connectivity index is 1.55. The zero-order valence-corrected chi connectivity index (χ0v) is 18.2. The maximum Gasteiger partial charge on any atom is 0.263 e. The van der Waals surface area contributed by atoms with E-state index in [1.54, 1.807) is 6.92 Å². The van der Waals surface area contributed by atoms with E-state index in [0.717, 1.165) is 47.4 Å². The molecule has 5 nitrogen and oxygen atoms in total. The minimum atomic E-state index is -0.0231. The van der Waals surface area contributed by atoms with E-state index in [1.165, 1.54) is 16.9 Å². The highest BCUT2D eigenvalue weighted by molar-refractivity contribution is 7.13. The Bertz CT molecular complexity index is 1010. The Morgan fingerprint density at radius 1 is 0.967 bits per heavy atom. The van der Waals surface area contributed by atoms with Gasteiger partial charge in [-0.05, 0) is 50.3 Å². The van der Waals surface area contributed by atoms with E-state index in [-0.39, 0.29) is 23.9 Å². The molecule has 30 heavy (non-hydrogen) atoms. The highest BCUT2D eigenvalue weighted by atomic mass is 32.1. The molecule has 0 unspecified atom stereocenters. The van der Waals surface area contributed by atoms with Crippen molar-refractivity contribution in [2.45, 2.75) is 51.6 Å². The van der Waals surface area contributed by atoms with Crippen LogP contribution in [0, 0.1) is 6.92 Å². The fourth-order valence-electron chi connectivity index (χ4n) is 4.11. The maximum atomic E-state index is 13.2. The van der Waals surface area contributed by atoms with Crippen molar-refractivity contribution in [3.8, 4) is 16.8 Å². The Morgan fingerprint density at radius 2 is 1.57 bits per heavy atom. The molecule has 0 bridgehead atoms. The van der Waals surface area contributed by atoms with Crippen molar-refractivity contribution in [1.82, 2.24) is 15.2 Å². The van der Waals surface area contributed by atoms with Crippen LogP contribution in [0.1, 0.15) is 47.8 Å². The third kappa shape index (κ3) is 4.49. The first-order valence-corrected chi connectivity index (χ1v) is 11.3. The minimum absolute atomic E-state index is 0.0149. The Labute approximate surface area is 181 Å². The molecule has 1 aromatic carbocycles. The van der Waals surface area contributed by atoms with Crippen molar-refractivity contribution in [3.05, 3.63) is 64.6 Å². The predicted octanol–water partition coefficient (Wildman–Crippen LogP) is 4.69. The summed E-state index contributed by atoms with van der Waals surface area (Å²) in [5.41, 5.74) is 4.31. The molecule has 2 N–H and O–H groups in total. The van der Waals surface area contributed by atoms with Gasteiger partial charge in [-0.2, -0.15) is 0 Å². The van der Waals surface area contributed by atoms with Crippen LogP contribution >= 0.6 is 11.3 Å². The third-order valence-electron chi connectivity index (χ3n) is 5.67. The van der Waals surface area contributed by atoms with Gasteiger partial charge in [0, 0.05) is 42.3 Å². The Kier molecular flexibility index (Phi) is 6.04. The van der Waals surface area contributed by atoms with Crippen molar-refractivity contribution >= 4 is 23.2 Å². The minimum Gasteiger partial charge on any atom is -0.354 e. The Hall–Kier alpha value is -2.86. The molecule has 0 aliphatic heterocycles. The number of carbonyl (C=O) groups excluding carboxylic acids is 2. The van der Waals surface area contributed by atoms with Crippen molar-refractivity contribution in [2.24, 2.45) is 0 Å². The molecular weight excluding hydrogens is 394 g/mol. The number of hydrogen-bond donors (Lipinski definition) is 2. The quantitative estimate of drug-likeness (QED) is 0.628. The number of rotatable bonds is 5.